The summed E-state index contributed by atoms with van der Waals surface area (Å²) in [5, 5.41) is 13.5. The minimum absolute atomic E-state index is 0.00669. The number of pyridine rings is 1. The van der Waals surface area contributed by atoms with Crippen LogP contribution in [0.4, 0.5) is 13.2 Å². The molecule has 0 aliphatic heterocycles. The van der Waals surface area contributed by atoms with Crippen LogP contribution in [0.1, 0.15) is 12.5 Å². The van der Waals surface area contributed by atoms with E-state index in [1.165, 1.54) is 25.2 Å². The molecule has 0 saturated heterocycles. The van der Waals surface area contributed by atoms with Crippen LogP contribution in [0, 0.1) is 5.41 Å². The van der Waals surface area contributed by atoms with Gasteiger partial charge in [-0.25, -0.2) is 4.98 Å². The van der Waals surface area contributed by atoms with Crippen LogP contribution in [-0.2, 0) is 16.1 Å². The van der Waals surface area contributed by atoms with Crippen LogP contribution in [0.3, 0.4) is 0 Å². The van der Waals surface area contributed by atoms with Crippen molar-refractivity contribution in [3.05, 3.63) is 29.0 Å². The molecule has 7 nitrogen and oxygen atoms in total. The molecular formula is C13H17ClF3N5O2. The van der Waals surface area contributed by atoms with E-state index in [4.69, 9.17) is 17.0 Å². The summed E-state index contributed by atoms with van der Waals surface area (Å²) in [4.78, 5) is 8.41. The Labute approximate surface area is 142 Å². The SMILES string of the molecule is C=NOCC(OC(F)(F)F)N(C)N(Cc1ccnc(Cl)c1)C(C)=N. The minimum Gasteiger partial charge on any atom is -0.392 e. The maximum Gasteiger partial charge on any atom is 0.524 e. The second-order valence-corrected chi connectivity index (χ2v) is 5.03. The molecule has 0 aliphatic carbocycles. The summed E-state index contributed by atoms with van der Waals surface area (Å²) in [6.45, 7) is 4.03. The van der Waals surface area contributed by atoms with Crippen LogP contribution < -0.4 is 0 Å². The Balaban J connectivity index is 2.97. The van der Waals surface area contributed by atoms with Crippen molar-refractivity contribution >= 4 is 24.2 Å². The number of ether oxygens (including phenoxy) is 1. The molecule has 1 unspecified atom stereocenters. The number of alkyl halides is 3. The predicted molar refractivity (Wildman–Crippen MR) is 82.4 cm³/mol. The summed E-state index contributed by atoms with van der Waals surface area (Å²) in [7, 11) is 1.34. The number of hydrogen-bond acceptors (Lipinski definition) is 6. The highest BCUT2D eigenvalue weighted by Gasteiger charge is 2.37. The Kier molecular flexibility index (Phi) is 7.39. The summed E-state index contributed by atoms with van der Waals surface area (Å²) in [6, 6.07) is 3.18. The largest absolute Gasteiger partial charge is 0.524 e. The molecule has 1 N–H and O–H groups in total. The van der Waals surface area contributed by atoms with Gasteiger partial charge in [0.15, 0.2) is 12.8 Å². The third-order valence-corrected chi connectivity index (χ3v) is 3.09. The molecule has 1 rings (SSSR count). The zero-order valence-electron chi connectivity index (χ0n) is 13.0. The lowest BCUT2D eigenvalue weighted by Gasteiger charge is -2.37. The molecule has 24 heavy (non-hydrogen) atoms. The molecule has 0 spiro atoms. The van der Waals surface area contributed by atoms with Crippen molar-refractivity contribution in [1.29, 1.82) is 5.41 Å². The highest BCUT2D eigenvalue weighted by Crippen LogP contribution is 2.22. The number of halogens is 4. The van der Waals surface area contributed by atoms with Crippen LogP contribution in [0.15, 0.2) is 23.5 Å². The molecule has 1 aromatic rings. The Hall–Kier alpha value is -1.91. The topological polar surface area (TPSA) is 74.0 Å². The summed E-state index contributed by atoms with van der Waals surface area (Å²) < 4.78 is 41.8. The molecule has 0 fully saturated rings. The summed E-state index contributed by atoms with van der Waals surface area (Å²) in [5.41, 5.74) is 0.655. The van der Waals surface area contributed by atoms with Crippen molar-refractivity contribution in [1.82, 2.24) is 15.0 Å². The van der Waals surface area contributed by atoms with Crippen molar-refractivity contribution in [3.63, 3.8) is 0 Å². The van der Waals surface area contributed by atoms with Gasteiger partial charge in [0.25, 0.3) is 0 Å². The molecule has 1 aromatic heterocycles. The molecule has 11 heteroatoms. The number of amidine groups is 1. The molecule has 0 aromatic carbocycles. The van der Waals surface area contributed by atoms with Gasteiger partial charge in [-0.3, -0.25) is 15.2 Å². The molecule has 1 heterocycles. The van der Waals surface area contributed by atoms with Crippen LogP contribution in [0.5, 0.6) is 0 Å². The zero-order valence-corrected chi connectivity index (χ0v) is 13.8. The van der Waals surface area contributed by atoms with E-state index in [0.29, 0.717) is 5.56 Å². The van der Waals surface area contributed by atoms with Crippen LogP contribution >= 0.6 is 11.6 Å². The molecule has 134 valence electrons. The van der Waals surface area contributed by atoms with E-state index in [0.717, 1.165) is 5.01 Å². The fourth-order valence-electron chi connectivity index (χ4n) is 1.82. The quantitative estimate of drug-likeness (QED) is 0.251. The van der Waals surface area contributed by atoms with E-state index in [1.54, 1.807) is 12.1 Å². The van der Waals surface area contributed by atoms with E-state index < -0.39 is 19.2 Å². The monoisotopic (exact) mass is 367 g/mol. The number of hydrogen-bond donors (Lipinski definition) is 1. The molecule has 1 atom stereocenters. The number of likely N-dealkylation sites (N-methyl/N-ethyl adjacent to an activating group) is 1. The summed E-state index contributed by atoms with van der Waals surface area (Å²) in [6.07, 6.45) is -4.98. The zero-order chi connectivity index (χ0) is 18.3. The second-order valence-electron chi connectivity index (χ2n) is 4.65. The highest BCUT2D eigenvalue weighted by atomic mass is 35.5. The van der Waals surface area contributed by atoms with Gasteiger partial charge >= 0.3 is 6.36 Å². The Morgan fingerprint density at radius 1 is 1.54 bits per heavy atom. The van der Waals surface area contributed by atoms with Gasteiger partial charge in [-0.15, -0.1) is 18.3 Å². The number of nitrogens with one attached hydrogen (secondary N) is 1. The minimum atomic E-state index is -4.88. The van der Waals surface area contributed by atoms with Crippen LogP contribution in [-0.4, -0.2) is 53.8 Å². The first-order valence-electron chi connectivity index (χ1n) is 6.62. The summed E-state index contributed by atoms with van der Waals surface area (Å²) in [5.74, 6) is -0.00669. The molecule has 0 aliphatic rings. The lowest BCUT2D eigenvalue weighted by Crippen LogP contribution is -2.52. The van der Waals surface area contributed by atoms with Gasteiger partial charge in [0.1, 0.15) is 11.0 Å². The van der Waals surface area contributed by atoms with Gasteiger partial charge in [0.05, 0.1) is 6.54 Å². The molecule has 0 bridgehead atoms. The third kappa shape index (κ3) is 6.69. The molecular weight excluding hydrogens is 351 g/mol. The van der Waals surface area contributed by atoms with Gasteiger partial charge in [0, 0.05) is 20.0 Å². The van der Waals surface area contributed by atoms with E-state index in [-0.39, 0.29) is 17.5 Å². The van der Waals surface area contributed by atoms with Crippen molar-refractivity contribution in [2.75, 3.05) is 13.7 Å². The number of nitrogens with zero attached hydrogens (tertiary/aromatic N) is 4. The first-order chi connectivity index (χ1) is 11.1. The van der Waals surface area contributed by atoms with E-state index >= 15 is 0 Å². The van der Waals surface area contributed by atoms with Crippen LogP contribution in [0.25, 0.3) is 0 Å². The van der Waals surface area contributed by atoms with Crippen LogP contribution in [0.2, 0.25) is 5.15 Å². The normalized spacial score (nSPS) is 12.8. The maximum absolute atomic E-state index is 12.6. The Morgan fingerprint density at radius 3 is 2.71 bits per heavy atom. The van der Waals surface area contributed by atoms with E-state index in [1.807, 2.05) is 0 Å². The summed E-state index contributed by atoms with van der Waals surface area (Å²) >= 11 is 5.80. The van der Waals surface area contributed by atoms with Crippen molar-refractivity contribution in [2.45, 2.75) is 26.1 Å². The predicted octanol–water partition coefficient (Wildman–Crippen LogP) is 2.88. The van der Waals surface area contributed by atoms with E-state index in [2.05, 4.69) is 26.4 Å². The van der Waals surface area contributed by atoms with Gasteiger partial charge in [-0.2, -0.15) is 5.01 Å². The third-order valence-electron chi connectivity index (χ3n) is 2.89. The van der Waals surface area contributed by atoms with Gasteiger partial charge in [0.2, 0.25) is 0 Å². The highest BCUT2D eigenvalue weighted by molar-refractivity contribution is 6.29. The van der Waals surface area contributed by atoms with Crippen molar-refractivity contribution in [3.8, 4) is 0 Å². The van der Waals surface area contributed by atoms with Crippen molar-refractivity contribution in [2.24, 2.45) is 5.16 Å². The second kappa shape index (κ2) is 8.81. The van der Waals surface area contributed by atoms with Gasteiger partial charge in [-0.05, 0) is 24.6 Å². The lowest BCUT2D eigenvalue weighted by atomic mass is 10.2. The lowest BCUT2D eigenvalue weighted by molar-refractivity contribution is -0.373. The molecule has 0 radical (unpaired) electrons. The average Bonchev–Trinajstić information content (AvgIpc) is 2.47. The number of oxime groups is 1. The van der Waals surface area contributed by atoms with Crippen molar-refractivity contribution < 1.29 is 22.7 Å². The maximum atomic E-state index is 12.6. The first kappa shape index (κ1) is 20.1. The number of hydrazine groups is 1. The number of aromatic nitrogens is 1. The smallest absolute Gasteiger partial charge is 0.392 e. The average molecular weight is 368 g/mol. The first-order valence-corrected chi connectivity index (χ1v) is 7.00. The Morgan fingerprint density at radius 2 is 2.21 bits per heavy atom. The number of rotatable bonds is 8. The van der Waals surface area contributed by atoms with Gasteiger partial charge in [-0.1, -0.05) is 11.6 Å². The molecule has 0 saturated carbocycles. The standard InChI is InChI=1S/C13H17ClF3N5O2/c1-9(18)22(7-10-4-5-20-11(14)6-10)21(3)12(8-23-19-2)24-13(15,16)17/h4-6,12,18H,2,7-8H2,1,3H3. The van der Waals surface area contributed by atoms with E-state index in [9.17, 15) is 13.2 Å². The van der Waals surface area contributed by atoms with Gasteiger partial charge < -0.3 is 4.84 Å². The fraction of sp³-hybridized carbons (Fsp3) is 0.462. The molecule has 0 amide bonds. The fourth-order valence-corrected chi connectivity index (χ4v) is 2.02. The Bertz CT molecular complexity index is 573.